The lowest BCUT2D eigenvalue weighted by Gasteiger charge is -2.23. The molecule has 1 fully saturated rings. The second-order valence-electron chi connectivity index (χ2n) is 8.22. The van der Waals surface area contributed by atoms with E-state index in [9.17, 15) is 14.3 Å². The smallest absolute Gasteiger partial charge is 0.416 e. The van der Waals surface area contributed by atoms with E-state index in [0.29, 0.717) is 11.7 Å². The summed E-state index contributed by atoms with van der Waals surface area (Å²) >= 11 is 0. The van der Waals surface area contributed by atoms with Crippen LogP contribution in [0.2, 0.25) is 0 Å². The highest BCUT2D eigenvalue weighted by atomic mass is 19.1. The van der Waals surface area contributed by atoms with Crippen molar-refractivity contribution in [1.82, 2.24) is 20.1 Å². The fraction of sp³-hybridized carbons (Fsp3) is 0.409. The van der Waals surface area contributed by atoms with Crippen molar-refractivity contribution in [3.8, 4) is 11.4 Å². The second-order valence-corrected chi connectivity index (χ2v) is 8.22. The lowest BCUT2D eigenvalue weighted by atomic mass is 10.0. The topological polar surface area (TPSA) is 127 Å². The summed E-state index contributed by atoms with van der Waals surface area (Å²) < 4.78 is 24.8. The number of nitrogens with zero attached hydrogens (tertiary/aromatic N) is 5. The van der Waals surface area contributed by atoms with Crippen molar-refractivity contribution >= 4 is 17.9 Å². The number of ether oxygens (including phenoxy) is 1. The first-order valence-electron chi connectivity index (χ1n) is 10.6. The number of amides is 1. The van der Waals surface area contributed by atoms with E-state index in [2.05, 4.69) is 39.3 Å². The molecular formula is C22H25FN6O4. The molecule has 11 heteroatoms. The third kappa shape index (κ3) is 4.63. The Morgan fingerprint density at radius 3 is 2.58 bits per heavy atom. The zero-order valence-electron chi connectivity index (χ0n) is 18.7. The number of aliphatic hydroxyl groups excluding tert-OH is 1. The molecule has 0 bridgehead atoms. The van der Waals surface area contributed by atoms with Crippen LogP contribution in [0.5, 0.6) is 0 Å². The predicted octanol–water partition coefficient (Wildman–Crippen LogP) is 3.67. The average molecular weight is 456 g/mol. The van der Waals surface area contributed by atoms with Crippen LogP contribution in [-0.2, 0) is 4.74 Å². The summed E-state index contributed by atoms with van der Waals surface area (Å²) in [6, 6.07) is 6.66. The van der Waals surface area contributed by atoms with Gasteiger partial charge in [0.25, 0.3) is 0 Å². The van der Waals surface area contributed by atoms with Crippen molar-refractivity contribution in [3.63, 3.8) is 0 Å². The number of hydrogen-bond acceptors (Lipinski definition) is 9. The molecule has 0 aliphatic carbocycles. The summed E-state index contributed by atoms with van der Waals surface area (Å²) in [6.45, 7) is 7.42. The first kappa shape index (κ1) is 22.6. The molecule has 2 N–H and O–H groups in total. The Kier molecular flexibility index (Phi) is 6.23. The van der Waals surface area contributed by atoms with E-state index in [1.807, 2.05) is 24.3 Å². The maximum absolute atomic E-state index is 14.4. The molecule has 1 aliphatic rings. The molecule has 3 heterocycles. The summed E-state index contributed by atoms with van der Waals surface area (Å²) in [5, 5.41) is 16.9. The molecule has 0 radical (unpaired) electrons. The van der Waals surface area contributed by atoms with Gasteiger partial charge >= 0.3 is 6.09 Å². The Morgan fingerprint density at radius 2 is 1.91 bits per heavy atom. The van der Waals surface area contributed by atoms with Crippen molar-refractivity contribution in [1.29, 1.82) is 0 Å². The lowest BCUT2D eigenvalue weighted by Crippen LogP contribution is -2.42. The standard InChI is InChI=1S/C22H25FN6O4/c1-11(2)14-5-7-15(8-6-14)18-26-20(33-28-18)12(3)25-21-24-9-16(23)19(27-21)29-17(13(4)30)10-32-22(29)31/h5-9,11-13,17,30H,10H2,1-4H3,(H,24,25,27)/t12-,13+,17+/m0/s1. The Bertz CT molecular complexity index is 1130. The summed E-state index contributed by atoms with van der Waals surface area (Å²) in [6.07, 6.45) is -0.785. The molecule has 33 heavy (non-hydrogen) atoms. The van der Waals surface area contributed by atoms with E-state index in [1.165, 1.54) is 12.5 Å². The molecule has 0 unspecified atom stereocenters. The number of cyclic esters (lactones) is 1. The van der Waals surface area contributed by atoms with Crippen molar-refractivity contribution in [2.45, 2.75) is 51.8 Å². The minimum absolute atomic E-state index is 0.0454. The van der Waals surface area contributed by atoms with Crippen molar-refractivity contribution < 1.29 is 23.6 Å². The van der Waals surface area contributed by atoms with Crippen LogP contribution in [0.3, 0.4) is 0 Å². The summed E-state index contributed by atoms with van der Waals surface area (Å²) in [5.74, 6) is 0.0863. The van der Waals surface area contributed by atoms with Crippen molar-refractivity contribution in [3.05, 3.63) is 47.7 Å². The van der Waals surface area contributed by atoms with Gasteiger partial charge in [0.15, 0.2) is 11.6 Å². The van der Waals surface area contributed by atoms with E-state index < -0.39 is 30.1 Å². The van der Waals surface area contributed by atoms with Gasteiger partial charge in [0.1, 0.15) is 18.7 Å². The molecule has 2 aromatic heterocycles. The van der Waals surface area contributed by atoms with Crippen molar-refractivity contribution in [2.24, 2.45) is 0 Å². The van der Waals surface area contributed by atoms with Gasteiger partial charge in [-0.05, 0) is 25.3 Å². The number of nitrogens with one attached hydrogen (secondary N) is 1. The van der Waals surface area contributed by atoms with Crippen LogP contribution in [0.4, 0.5) is 21.0 Å². The number of aromatic nitrogens is 4. The van der Waals surface area contributed by atoms with Gasteiger partial charge in [-0.1, -0.05) is 43.3 Å². The predicted molar refractivity (Wildman–Crippen MR) is 117 cm³/mol. The highest BCUT2D eigenvalue weighted by Crippen LogP contribution is 2.28. The van der Waals surface area contributed by atoms with E-state index >= 15 is 0 Å². The van der Waals surface area contributed by atoms with Crippen LogP contribution in [0.15, 0.2) is 35.0 Å². The van der Waals surface area contributed by atoms with Gasteiger partial charge in [0.2, 0.25) is 17.7 Å². The Balaban J connectivity index is 1.52. The molecule has 1 amide bonds. The largest absolute Gasteiger partial charge is 0.447 e. The normalized spacial score (nSPS) is 17.8. The molecule has 1 aromatic carbocycles. The number of anilines is 2. The van der Waals surface area contributed by atoms with E-state index in [4.69, 9.17) is 9.26 Å². The third-order valence-electron chi connectivity index (χ3n) is 5.41. The molecule has 1 saturated heterocycles. The van der Waals surface area contributed by atoms with Gasteiger partial charge in [-0.25, -0.2) is 19.1 Å². The molecular weight excluding hydrogens is 431 g/mol. The van der Waals surface area contributed by atoms with Gasteiger partial charge < -0.3 is 19.7 Å². The van der Waals surface area contributed by atoms with Crippen LogP contribution in [0.25, 0.3) is 11.4 Å². The number of benzene rings is 1. The first-order valence-corrected chi connectivity index (χ1v) is 10.6. The molecule has 174 valence electrons. The van der Waals surface area contributed by atoms with Gasteiger partial charge in [0.05, 0.1) is 12.3 Å². The molecule has 3 aromatic rings. The minimum atomic E-state index is -0.937. The molecule has 10 nitrogen and oxygen atoms in total. The molecule has 0 spiro atoms. The SMILES string of the molecule is CC(C)c1ccc(-c2noc([C@H](C)Nc3ncc(F)c(N4C(=O)OC[C@@H]4[C@@H](C)O)n3)n2)cc1. The second kappa shape index (κ2) is 9.10. The van der Waals surface area contributed by atoms with E-state index in [1.54, 1.807) is 6.92 Å². The first-order chi connectivity index (χ1) is 15.7. The quantitative estimate of drug-likeness (QED) is 0.547. The van der Waals surface area contributed by atoms with Crippen LogP contribution >= 0.6 is 0 Å². The fourth-order valence-electron chi connectivity index (χ4n) is 3.43. The van der Waals surface area contributed by atoms with Crippen LogP contribution in [0, 0.1) is 5.82 Å². The Labute approximate surface area is 189 Å². The highest BCUT2D eigenvalue weighted by Gasteiger charge is 2.39. The average Bonchev–Trinajstić information content (AvgIpc) is 3.42. The van der Waals surface area contributed by atoms with Gasteiger partial charge in [0, 0.05) is 5.56 Å². The van der Waals surface area contributed by atoms with Crippen molar-refractivity contribution in [2.75, 3.05) is 16.8 Å². The van der Waals surface area contributed by atoms with Gasteiger partial charge in [-0.15, -0.1) is 0 Å². The van der Waals surface area contributed by atoms with Crippen LogP contribution in [-0.4, -0.2) is 50.1 Å². The molecule has 1 aliphatic heterocycles. The van der Waals surface area contributed by atoms with Crippen LogP contribution < -0.4 is 10.2 Å². The van der Waals surface area contributed by atoms with E-state index in [0.717, 1.165) is 16.7 Å². The fourth-order valence-corrected chi connectivity index (χ4v) is 3.43. The molecule has 0 saturated carbocycles. The lowest BCUT2D eigenvalue weighted by molar-refractivity contribution is 0.142. The number of carbonyl (C=O) groups excluding carboxylic acids is 1. The zero-order valence-corrected chi connectivity index (χ0v) is 18.7. The number of halogens is 1. The number of carbonyl (C=O) groups is 1. The summed E-state index contributed by atoms with van der Waals surface area (Å²) in [7, 11) is 0. The maximum atomic E-state index is 14.4. The minimum Gasteiger partial charge on any atom is -0.447 e. The number of hydrogen-bond donors (Lipinski definition) is 2. The third-order valence-corrected chi connectivity index (χ3v) is 5.41. The maximum Gasteiger partial charge on any atom is 0.416 e. The Hall–Kier alpha value is -3.60. The van der Waals surface area contributed by atoms with Crippen LogP contribution in [0.1, 0.15) is 51.1 Å². The van der Waals surface area contributed by atoms with Gasteiger partial charge in [-0.3, -0.25) is 0 Å². The monoisotopic (exact) mass is 456 g/mol. The summed E-state index contributed by atoms with van der Waals surface area (Å²) in [5.41, 5.74) is 2.03. The number of aliphatic hydroxyl groups is 1. The molecule has 3 atom stereocenters. The zero-order chi connectivity index (χ0) is 23.7. The highest BCUT2D eigenvalue weighted by molar-refractivity contribution is 5.89. The van der Waals surface area contributed by atoms with Gasteiger partial charge in [-0.2, -0.15) is 9.97 Å². The van der Waals surface area contributed by atoms with E-state index in [-0.39, 0.29) is 24.3 Å². The summed E-state index contributed by atoms with van der Waals surface area (Å²) in [4.78, 5) is 25.6. The Morgan fingerprint density at radius 1 is 1.18 bits per heavy atom. The molecule has 4 rings (SSSR count). The number of rotatable bonds is 7.